The normalized spacial score (nSPS) is 35.6. The summed E-state index contributed by atoms with van der Waals surface area (Å²) >= 11 is 0. The molecule has 0 spiro atoms. The Morgan fingerprint density at radius 1 is 0.805 bits per heavy atom. The average molecular weight is 1160 g/mol. The lowest BCUT2D eigenvalue weighted by Crippen LogP contribution is -2.62. The molecule has 3 heterocycles. The second kappa shape index (κ2) is 29.4. The van der Waals surface area contributed by atoms with Crippen molar-refractivity contribution in [2.45, 2.75) is 212 Å². The molecule has 6 rings (SSSR count). The molecule has 0 aliphatic carbocycles. The number of nitrogens with zero attached hydrogens (tertiary/aromatic N) is 2. The number of amides is 1. The predicted molar refractivity (Wildman–Crippen MR) is 323 cm³/mol. The number of rotatable bonds is 18. The first-order chi connectivity index (χ1) is 38.7. The second-order valence-corrected chi connectivity index (χ2v) is 28.7. The maximum absolute atomic E-state index is 15.1. The molecule has 0 saturated carbocycles. The first-order valence-corrected chi connectivity index (χ1v) is 32.1. The van der Waals surface area contributed by atoms with Crippen molar-refractivity contribution < 1.29 is 62.9 Å². The number of likely N-dealkylation sites (N-methyl/N-ethyl adjacent to an activating group) is 2. The van der Waals surface area contributed by atoms with E-state index in [2.05, 4.69) is 96.3 Å². The zero-order chi connectivity index (χ0) is 60.3. The highest BCUT2D eigenvalue weighted by Gasteiger charge is 2.56. The highest BCUT2D eigenvalue weighted by atomic mass is 31.2. The molecule has 82 heavy (non-hydrogen) atoms. The molecule has 16 nitrogen and oxygen atoms in total. The summed E-state index contributed by atoms with van der Waals surface area (Å²) in [5, 5.41) is 44.5. The average Bonchev–Trinajstić information content (AvgIpc) is 3.57. The van der Waals surface area contributed by atoms with Crippen LogP contribution in [0.15, 0.2) is 91.0 Å². The van der Waals surface area contributed by atoms with Gasteiger partial charge in [-0.25, -0.2) is 4.79 Å². The largest absolute Gasteiger partial charge is 0.459 e. The molecule has 3 aromatic rings. The molecule has 458 valence electrons. The summed E-state index contributed by atoms with van der Waals surface area (Å²) in [5.74, 6) is -3.84. The molecule has 3 aliphatic rings. The van der Waals surface area contributed by atoms with E-state index in [0.717, 1.165) is 25.4 Å². The summed E-state index contributed by atoms with van der Waals surface area (Å²) in [6.45, 7) is 20.2. The van der Waals surface area contributed by atoms with Gasteiger partial charge in [-0.3, -0.25) is 14.5 Å². The number of methoxy groups -OCH3 is 1. The minimum absolute atomic E-state index is 0.170. The van der Waals surface area contributed by atoms with Gasteiger partial charge in [0.15, 0.2) is 18.5 Å². The Kier molecular flexibility index (Phi) is 24.0. The van der Waals surface area contributed by atoms with E-state index in [1.807, 2.05) is 72.5 Å². The number of benzene rings is 3. The molecule has 3 aliphatic heterocycles. The van der Waals surface area contributed by atoms with Crippen LogP contribution in [0.2, 0.25) is 0 Å². The van der Waals surface area contributed by atoms with Gasteiger partial charge in [-0.2, -0.15) is 0 Å². The van der Waals surface area contributed by atoms with Crippen LogP contribution in [-0.4, -0.2) is 175 Å². The van der Waals surface area contributed by atoms with E-state index in [4.69, 9.17) is 33.2 Å². The number of carbonyl (C=O) groups is 3. The van der Waals surface area contributed by atoms with Gasteiger partial charge < -0.3 is 58.7 Å². The van der Waals surface area contributed by atoms with Gasteiger partial charge in [-0.15, -0.1) is 0 Å². The number of ether oxygens (including phenoxy) is 7. The van der Waals surface area contributed by atoms with E-state index >= 15 is 4.79 Å². The van der Waals surface area contributed by atoms with Crippen LogP contribution in [0.3, 0.4) is 0 Å². The number of nitrogens with one attached hydrogen (secondary N) is 1. The van der Waals surface area contributed by atoms with Crippen LogP contribution < -0.4 is 21.2 Å². The van der Waals surface area contributed by atoms with Crippen LogP contribution in [-0.2, 0) is 42.7 Å². The van der Waals surface area contributed by atoms with Crippen LogP contribution in [0.5, 0.6) is 0 Å². The van der Waals surface area contributed by atoms with Crippen molar-refractivity contribution in [2.75, 3.05) is 47.5 Å². The van der Waals surface area contributed by atoms with Gasteiger partial charge in [0.05, 0.1) is 53.7 Å². The molecule has 3 fully saturated rings. The minimum Gasteiger partial charge on any atom is -0.459 e. The molecule has 0 bridgehead atoms. The highest BCUT2D eigenvalue weighted by Crippen LogP contribution is 2.56. The lowest BCUT2D eigenvalue weighted by atomic mass is 9.68. The molecular weight excluding hydrogens is 1060 g/mol. The summed E-state index contributed by atoms with van der Waals surface area (Å²) in [6.07, 6.45) is -3.24. The van der Waals surface area contributed by atoms with Crippen molar-refractivity contribution >= 4 is 41.2 Å². The van der Waals surface area contributed by atoms with Gasteiger partial charge in [0.1, 0.15) is 41.0 Å². The molecule has 3 saturated heterocycles. The predicted octanol–water partition coefficient (Wildman–Crippen LogP) is 8.03. The van der Waals surface area contributed by atoms with E-state index in [-0.39, 0.29) is 37.3 Å². The number of cyclic esters (lactones) is 1. The molecular formula is C65H101N3O13P+. The monoisotopic (exact) mass is 1160 g/mol. The smallest absolute Gasteiger partial charge is 0.407 e. The summed E-state index contributed by atoms with van der Waals surface area (Å²) in [5.41, 5.74) is -4.61. The van der Waals surface area contributed by atoms with Crippen molar-refractivity contribution in [3.05, 3.63) is 91.0 Å². The first-order valence-electron chi connectivity index (χ1n) is 30.1. The fourth-order valence-corrected chi connectivity index (χ4v) is 18.3. The molecule has 0 aromatic heterocycles. The summed E-state index contributed by atoms with van der Waals surface area (Å²) in [6, 6.07) is 31.7. The fraction of sp³-hybridized carbons (Fsp3) is 0.677. The highest BCUT2D eigenvalue weighted by molar-refractivity contribution is 7.95. The fourth-order valence-electron chi connectivity index (χ4n) is 13.8. The van der Waals surface area contributed by atoms with Crippen LogP contribution in [0.25, 0.3) is 0 Å². The van der Waals surface area contributed by atoms with Crippen molar-refractivity contribution in [3.63, 3.8) is 0 Å². The van der Waals surface area contributed by atoms with E-state index in [1.165, 1.54) is 29.9 Å². The minimum atomic E-state index is -1.97. The van der Waals surface area contributed by atoms with E-state index in [1.54, 1.807) is 27.7 Å². The third kappa shape index (κ3) is 15.9. The van der Waals surface area contributed by atoms with E-state index < -0.39 is 115 Å². The molecule has 0 radical (unpaired) electrons. The molecule has 17 heteroatoms. The van der Waals surface area contributed by atoms with Crippen molar-refractivity contribution in [1.29, 1.82) is 0 Å². The Labute approximate surface area is 490 Å². The van der Waals surface area contributed by atoms with Crippen molar-refractivity contribution in [1.82, 2.24) is 15.1 Å². The van der Waals surface area contributed by atoms with Gasteiger partial charge >= 0.3 is 18.0 Å². The standard InChI is InChI=1S/C65H100N3O13P/c1-16-54-65(11,74)59(81-62(72)66-36-28-17-18-29-37-82(49-30-22-19-23-31-49,50-32-24-20-25-33-50)51-34-26-21-27-35-51)46(6)68(14)41-42(2)39-63(9,73)58(80-61-56(78-48(8)69)52(67(12)13)38-43(3)76-61)44(4)55(45(5)60(71)79-54)53-40-64(10,75-15)57(70)47(7)77-53/h19-27,30-35,42-47,52-59,61,70,73-74H,16-18,28-29,36-41H2,1-15H3/p+1/t42-,43-,44+,45-,46-,47+,52+,53?,54-,55+,56-,57+,58-,59-,61+,63-,64-,65-/m1/s1. The van der Waals surface area contributed by atoms with Crippen LogP contribution in [0.4, 0.5) is 4.79 Å². The Morgan fingerprint density at radius 2 is 1.37 bits per heavy atom. The molecule has 3 aromatic carbocycles. The third-order valence-electron chi connectivity index (χ3n) is 18.3. The zero-order valence-corrected chi connectivity index (χ0v) is 52.8. The quantitative estimate of drug-likeness (QED) is 0.0414. The number of esters is 2. The van der Waals surface area contributed by atoms with E-state index in [0.29, 0.717) is 25.9 Å². The maximum Gasteiger partial charge on any atom is 0.407 e. The molecule has 1 unspecified atom stereocenters. The summed E-state index contributed by atoms with van der Waals surface area (Å²) < 4.78 is 45.1. The Hall–Kier alpha value is -4.06. The topological polar surface area (TPSA) is 195 Å². The zero-order valence-electron chi connectivity index (χ0n) is 51.9. The Balaban J connectivity index is 1.26. The first kappa shape index (κ1) is 67.1. The molecule has 4 N–H and O–H groups in total. The lowest BCUT2D eigenvalue weighted by Gasteiger charge is -2.51. The Morgan fingerprint density at radius 3 is 1.89 bits per heavy atom. The van der Waals surface area contributed by atoms with Gasteiger partial charge in [0, 0.05) is 45.5 Å². The maximum atomic E-state index is 15.1. The van der Waals surface area contributed by atoms with Gasteiger partial charge in [-0.1, -0.05) is 88.7 Å². The van der Waals surface area contributed by atoms with Gasteiger partial charge in [-0.05, 0) is 149 Å². The number of aliphatic hydroxyl groups excluding tert-OH is 1. The number of hydrogen-bond acceptors (Lipinski definition) is 15. The van der Waals surface area contributed by atoms with Crippen LogP contribution in [0, 0.1) is 23.7 Å². The van der Waals surface area contributed by atoms with Crippen LogP contribution in [0.1, 0.15) is 128 Å². The number of carbonyl (C=O) groups excluding carboxylic acids is 3. The van der Waals surface area contributed by atoms with E-state index in [9.17, 15) is 24.9 Å². The summed E-state index contributed by atoms with van der Waals surface area (Å²) in [7, 11) is 5.27. The number of alkyl carbamates (subject to hydrolysis) is 1. The summed E-state index contributed by atoms with van der Waals surface area (Å²) in [4.78, 5) is 45.9. The molecule has 18 atom stereocenters. The number of aliphatic hydroxyl groups is 3. The van der Waals surface area contributed by atoms with Gasteiger partial charge in [0.25, 0.3) is 0 Å². The Bertz CT molecular complexity index is 2360. The second-order valence-electron chi connectivity index (χ2n) is 25.1. The number of unbranched alkanes of at least 4 members (excludes halogenated alkanes) is 3. The van der Waals surface area contributed by atoms with Crippen molar-refractivity contribution in [3.8, 4) is 0 Å². The van der Waals surface area contributed by atoms with Crippen LogP contribution >= 0.6 is 7.26 Å². The molecule has 1 amide bonds. The van der Waals surface area contributed by atoms with Crippen molar-refractivity contribution in [2.24, 2.45) is 23.7 Å². The van der Waals surface area contributed by atoms with Gasteiger partial charge in [0.2, 0.25) is 0 Å². The lowest BCUT2D eigenvalue weighted by molar-refractivity contribution is -0.304. The SMILES string of the molecule is CC[C@H]1OC(=O)[C@H](C)[C@@H](C2C[C@@](C)(OC)[C@@H](O)[C@H](C)O2)[C@H](C)[C@@H](O[C@@H]2O[C@H](C)C[C@H](N(C)C)[C@H]2OC(C)=O)[C@](C)(O)C[C@@H](C)CN(C)[C@H](C)[C@@H](OC(=O)NCCCCCC[P+](c2ccccc2)(c2ccccc2)c2ccccc2)[C@]1(C)O. The third-order valence-corrected chi connectivity index (χ3v) is 22.8. The number of hydrogen-bond donors (Lipinski definition) is 4.